The molecule has 2 heterocycles. The first-order chi connectivity index (χ1) is 17.5. The lowest BCUT2D eigenvalue weighted by Gasteiger charge is -2.36. The van der Waals surface area contributed by atoms with Gasteiger partial charge in [0, 0.05) is 36.9 Å². The van der Waals surface area contributed by atoms with Gasteiger partial charge in [-0.2, -0.15) is 0 Å². The molecule has 3 N–H and O–H groups in total. The number of hydrogen-bond acceptors (Lipinski definition) is 6. The Morgan fingerprint density at radius 3 is 2.06 bits per heavy atom. The van der Waals surface area contributed by atoms with E-state index in [-0.39, 0.29) is 11.9 Å². The summed E-state index contributed by atoms with van der Waals surface area (Å²) < 4.78 is 11.5. The van der Waals surface area contributed by atoms with Gasteiger partial charge >= 0.3 is 0 Å². The number of carbonyl (C=O) groups is 1. The highest BCUT2D eigenvalue weighted by atomic mass is 16.5. The maximum Gasteiger partial charge on any atom is 0.235 e. The Morgan fingerprint density at radius 1 is 0.861 bits per heavy atom. The van der Waals surface area contributed by atoms with Crippen LogP contribution in [0.4, 0.5) is 11.6 Å². The molecule has 5 rings (SSSR count). The molecule has 1 fully saturated rings. The predicted molar refractivity (Wildman–Crippen MR) is 140 cm³/mol. The van der Waals surface area contributed by atoms with E-state index in [9.17, 15) is 4.79 Å². The number of aromatic nitrogens is 2. The summed E-state index contributed by atoms with van der Waals surface area (Å²) in [4.78, 5) is 21.8. The van der Waals surface area contributed by atoms with Crippen LogP contribution >= 0.6 is 0 Å². The Bertz CT molecular complexity index is 1310. The second-order valence-corrected chi connectivity index (χ2v) is 9.00. The third kappa shape index (κ3) is 5.06. The lowest BCUT2D eigenvalue weighted by Crippen LogP contribution is -2.44. The fraction of sp³-hybridized carbons (Fsp3) is 0.207. The molecular formula is C29H28N4O3. The summed E-state index contributed by atoms with van der Waals surface area (Å²) in [7, 11) is 0. The van der Waals surface area contributed by atoms with Gasteiger partial charge in [-0.15, -0.1) is 0 Å². The number of hydrogen-bond donors (Lipinski definition) is 2. The standard InChI is InChI=1S/C29H28N4O3/c1-20-2-10-25(11-3-20)36-26-12-8-24(9-13-26)33-27(34)29(14-16-35-17-15-29)23-6-4-21(5-7-23)22-18-31-28(30)32-19-22/h2-13,18-19H,14-17H2,1H3,(H,33,34)(H2,30,31,32). The molecule has 1 aliphatic rings. The Morgan fingerprint density at radius 2 is 1.44 bits per heavy atom. The van der Waals surface area contributed by atoms with E-state index in [4.69, 9.17) is 15.2 Å². The van der Waals surface area contributed by atoms with Gasteiger partial charge < -0.3 is 20.5 Å². The molecule has 182 valence electrons. The predicted octanol–water partition coefficient (Wildman–Crippen LogP) is 5.51. The van der Waals surface area contributed by atoms with Crippen molar-refractivity contribution in [1.29, 1.82) is 0 Å². The van der Waals surface area contributed by atoms with Crippen molar-refractivity contribution in [3.63, 3.8) is 0 Å². The summed E-state index contributed by atoms with van der Waals surface area (Å²) in [5.41, 5.74) is 9.62. The molecule has 4 aromatic rings. The lowest BCUT2D eigenvalue weighted by molar-refractivity contribution is -0.125. The van der Waals surface area contributed by atoms with Gasteiger partial charge in [-0.25, -0.2) is 9.97 Å². The second-order valence-electron chi connectivity index (χ2n) is 9.00. The highest BCUT2D eigenvalue weighted by Crippen LogP contribution is 2.37. The van der Waals surface area contributed by atoms with Crippen molar-refractivity contribution in [3.8, 4) is 22.6 Å². The average molecular weight is 481 g/mol. The van der Waals surface area contributed by atoms with Gasteiger partial charge in [0.2, 0.25) is 11.9 Å². The molecule has 0 bridgehead atoms. The van der Waals surface area contributed by atoms with Crippen molar-refractivity contribution in [2.75, 3.05) is 24.3 Å². The van der Waals surface area contributed by atoms with Crippen LogP contribution in [-0.2, 0) is 14.9 Å². The first kappa shape index (κ1) is 23.5. The number of aryl methyl sites for hydroxylation is 1. The smallest absolute Gasteiger partial charge is 0.235 e. The Kier molecular flexibility index (Phi) is 6.64. The number of rotatable bonds is 6. The van der Waals surface area contributed by atoms with Crippen molar-refractivity contribution in [2.45, 2.75) is 25.2 Å². The van der Waals surface area contributed by atoms with E-state index >= 15 is 0 Å². The monoisotopic (exact) mass is 480 g/mol. The van der Waals surface area contributed by atoms with Crippen molar-refractivity contribution in [2.24, 2.45) is 0 Å². The van der Waals surface area contributed by atoms with E-state index in [0.29, 0.717) is 31.8 Å². The van der Waals surface area contributed by atoms with Crippen molar-refractivity contribution in [1.82, 2.24) is 9.97 Å². The molecular weight excluding hydrogens is 452 g/mol. The topological polar surface area (TPSA) is 99.4 Å². The molecule has 36 heavy (non-hydrogen) atoms. The molecule has 0 aliphatic carbocycles. The van der Waals surface area contributed by atoms with Crippen LogP contribution in [0, 0.1) is 6.92 Å². The van der Waals surface area contributed by atoms with Crippen LogP contribution < -0.4 is 15.8 Å². The Hall–Kier alpha value is -4.23. The van der Waals surface area contributed by atoms with Crippen LogP contribution in [0.3, 0.4) is 0 Å². The van der Waals surface area contributed by atoms with E-state index in [1.807, 2.05) is 79.7 Å². The first-order valence-electron chi connectivity index (χ1n) is 11.9. The van der Waals surface area contributed by atoms with Crippen LogP contribution in [0.1, 0.15) is 24.0 Å². The zero-order valence-electron chi connectivity index (χ0n) is 20.1. The van der Waals surface area contributed by atoms with E-state index in [1.165, 1.54) is 5.56 Å². The summed E-state index contributed by atoms with van der Waals surface area (Å²) in [5.74, 6) is 1.68. The van der Waals surface area contributed by atoms with E-state index in [1.54, 1.807) is 12.4 Å². The molecule has 0 atom stereocenters. The van der Waals surface area contributed by atoms with Crippen LogP contribution in [0.25, 0.3) is 11.1 Å². The van der Waals surface area contributed by atoms with Crippen LogP contribution in [-0.4, -0.2) is 29.1 Å². The molecule has 1 aromatic heterocycles. The molecule has 0 radical (unpaired) electrons. The number of nitrogens with one attached hydrogen (secondary N) is 1. The molecule has 1 amide bonds. The van der Waals surface area contributed by atoms with E-state index in [2.05, 4.69) is 15.3 Å². The summed E-state index contributed by atoms with van der Waals surface area (Å²) >= 11 is 0. The minimum absolute atomic E-state index is 0.0402. The quantitative estimate of drug-likeness (QED) is 0.377. The van der Waals surface area contributed by atoms with E-state index in [0.717, 1.165) is 28.1 Å². The number of anilines is 2. The Balaban J connectivity index is 1.33. The van der Waals surface area contributed by atoms with Gasteiger partial charge in [0.15, 0.2) is 0 Å². The minimum Gasteiger partial charge on any atom is -0.457 e. The lowest BCUT2D eigenvalue weighted by atomic mass is 9.73. The molecule has 0 saturated carbocycles. The highest BCUT2D eigenvalue weighted by Gasteiger charge is 2.41. The van der Waals surface area contributed by atoms with Crippen LogP contribution in [0.2, 0.25) is 0 Å². The third-order valence-corrected chi connectivity index (χ3v) is 6.59. The minimum atomic E-state index is -0.675. The number of nitrogens with two attached hydrogens (primary N) is 1. The number of benzene rings is 3. The third-order valence-electron chi connectivity index (χ3n) is 6.59. The average Bonchev–Trinajstić information content (AvgIpc) is 2.92. The van der Waals surface area contributed by atoms with Crippen LogP contribution in [0.15, 0.2) is 85.2 Å². The SMILES string of the molecule is Cc1ccc(Oc2ccc(NC(=O)C3(c4ccc(-c5cnc(N)nc5)cc4)CCOCC3)cc2)cc1. The van der Waals surface area contributed by atoms with Crippen molar-refractivity contribution < 1.29 is 14.3 Å². The zero-order chi connectivity index (χ0) is 25.0. The molecule has 0 unspecified atom stereocenters. The van der Waals surface area contributed by atoms with Gasteiger partial charge in [-0.3, -0.25) is 4.79 Å². The summed E-state index contributed by atoms with van der Waals surface area (Å²) in [6.07, 6.45) is 4.61. The number of amides is 1. The second kappa shape index (κ2) is 10.2. The maximum atomic E-state index is 13.7. The highest BCUT2D eigenvalue weighted by molar-refractivity contribution is 5.99. The van der Waals surface area contributed by atoms with Crippen molar-refractivity contribution in [3.05, 3.63) is 96.3 Å². The molecule has 3 aromatic carbocycles. The Labute approximate surface area is 210 Å². The number of nitrogens with zero attached hydrogens (tertiary/aromatic N) is 2. The van der Waals surface area contributed by atoms with Gasteiger partial charge in [-0.1, -0.05) is 42.0 Å². The largest absolute Gasteiger partial charge is 0.457 e. The molecule has 7 nitrogen and oxygen atoms in total. The molecule has 1 saturated heterocycles. The fourth-order valence-corrected chi connectivity index (χ4v) is 4.43. The number of carbonyl (C=O) groups excluding carboxylic acids is 1. The van der Waals surface area contributed by atoms with E-state index < -0.39 is 5.41 Å². The zero-order valence-corrected chi connectivity index (χ0v) is 20.1. The number of nitrogen functional groups attached to an aromatic ring is 1. The first-order valence-corrected chi connectivity index (χ1v) is 11.9. The summed E-state index contributed by atoms with van der Waals surface area (Å²) in [6, 6.07) is 23.3. The van der Waals surface area contributed by atoms with Crippen molar-refractivity contribution >= 4 is 17.5 Å². The molecule has 1 aliphatic heterocycles. The van der Waals surface area contributed by atoms with Gasteiger partial charge in [0.25, 0.3) is 0 Å². The molecule has 7 heteroatoms. The van der Waals surface area contributed by atoms with Crippen LogP contribution in [0.5, 0.6) is 11.5 Å². The normalized spacial score (nSPS) is 14.7. The molecule has 0 spiro atoms. The fourth-order valence-electron chi connectivity index (χ4n) is 4.43. The summed E-state index contributed by atoms with van der Waals surface area (Å²) in [6.45, 7) is 3.10. The summed E-state index contributed by atoms with van der Waals surface area (Å²) in [5, 5.41) is 3.12. The van der Waals surface area contributed by atoms with Gasteiger partial charge in [0.05, 0.1) is 5.41 Å². The van der Waals surface area contributed by atoms with Gasteiger partial charge in [-0.05, 0) is 67.3 Å². The van der Waals surface area contributed by atoms with Gasteiger partial charge in [0.1, 0.15) is 11.5 Å². The maximum absolute atomic E-state index is 13.7. The number of ether oxygens (including phenoxy) is 2.